The van der Waals surface area contributed by atoms with Gasteiger partial charge in [-0.05, 0) is 19.9 Å². The molecule has 30 heavy (non-hydrogen) atoms. The number of nitrogen functional groups attached to an aromatic ring is 1. The predicted octanol–water partition coefficient (Wildman–Crippen LogP) is 1.38. The molecule has 0 amide bonds. The molecule has 1 atom stereocenters. The summed E-state index contributed by atoms with van der Waals surface area (Å²) in [5, 5.41) is 8.21. The van der Waals surface area contributed by atoms with Gasteiger partial charge in [0.15, 0.2) is 16.8 Å². The maximum atomic E-state index is 13.0. The van der Waals surface area contributed by atoms with E-state index >= 15 is 0 Å². The number of rotatable bonds is 7. The minimum atomic E-state index is -0.727. The Bertz CT molecular complexity index is 1250. The zero-order valence-corrected chi connectivity index (χ0v) is 17.9. The Hall–Kier alpha value is -3.34. The van der Waals surface area contributed by atoms with Gasteiger partial charge in [-0.1, -0.05) is 17.8 Å². The third-order valence-corrected chi connectivity index (χ3v) is 5.82. The number of Topliss-reactive ketones (excluding diaryl/α,β-unsaturated/α-hetero) is 1. The highest BCUT2D eigenvalue weighted by molar-refractivity contribution is 8.00. The van der Waals surface area contributed by atoms with Crippen LogP contribution in [0.1, 0.15) is 23.0 Å². The molecule has 0 radical (unpaired) electrons. The molecule has 0 spiro atoms. The normalized spacial score (nSPS) is 12.1. The van der Waals surface area contributed by atoms with E-state index in [9.17, 15) is 14.4 Å². The van der Waals surface area contributed by atoms with Gasteiger partial charge in [0.2, 0.25) is 0 Å². The summed E-state index contributed by atoms with van der Waals surface area (Å²) in [5.41, 5.74) is 5.15. The molecule has 0 bridgehead atoms. The summed E-state index contributed by atoms with van der Waals surface area (Å²) in [6.45, 7) is 7.65. The minimum absolute atomic E-state index is 0.164. The summed E-state index contributed by atoms with van der Waals surface area (Å²) in [6, 6.07) is 1.79. The molecule has 0 aliphatic carbocycles. The van der Waals surface area contributed by atoms with Crippen LogP contribution in [0, 0.1) is 6.92 Å². The monoisotopic (exact) mass is 430 g/mol. The number of hydrogen-bond acceptors (Lipinski definition) is 8. The quantitative estimate of drug-likeness (QED) is 0.338. The number of nitrogens with zero attached hydrogens (tertiary/aromatic N) is 5. The van der Waals surface area contributed by atoms with Crippen molar-refractivity contribution < 1.29 is 9.21 Å². The molecule has 0 fully saturated rings. The van der Waals surface area contributed by atoms with Gasteiger partial charge < -0.3 is 10.2 Å². The first-order valence-electron chi connectivity index (χ1n) is 9.03. The molecule has 0 aromatic carbocycles. The van der Waals surface area contributed by atoms with Crippen molar-refractivity contribution in [2.45, 2.75) is 30.8 Å². The third-order valence-electron chi connectivity index (χ3n) is 4.74. The highest BCUT2D eigenvalue weighted by atomic mass is 32.2. The van der Waals surface area contributed by atoms with Crippen molar-refractivity contribution in [3.63, 3.8) is 0 Å². The Balaban J connectivity index is 1.99. The first-order chi connectivity index (χ1) is 14.2. The van der Waals surface area contributed by atoms with Crippen molar-refractivity contribution in [1.82, 2.24) is 23.9 Å². The maximum absolute atomic E-state index is 13.0. The second kappa shape index (κ2) is 8.19. The van der Waals surface area contributed by atoms with Gasteiger partial charge >= 0.3 is 5.69 Å². The number of carbonyl (C=O) groups excluding carboxylic acids is 1. The SMILES string of the molecule is C=CCn1c(S[C@H](C)C(=O)c2c(N)n(C)c(=O)n(C)c2=O)nnc1-c1ccoc1C. The van der Waals surface area contributed by atoms with E-state index in [2.05, 4.69) is 16.8 Å². The van der Waals surface area contributed by atoms with E-state index in [0.717, 1.165) is 26.5 Å². The Morgan fingerprint density at radius 1 is 1.33 bits per heavy atom. The molecule has 3 aromatic heterocycles. The third kappa shape index (κ3) is 3.52. The average Bonchev–Trinajstić information content (AvgIpc) is 3.31. The van der Waals surface area contributed by atoms with Gasteiger partial charge in [0.05, 0.1) is 17.1 Å². The molecule has 10 nitrogen and oxygen atoms in total. The molecular formula is C19H22N6O4S. The van der Waals surface area contributed by atoms with Crippen LogP contribution in [-0.4, -0.2) is 34.9 Å². The van der Waals surface area contributed by atoms with Crippen molar-refractivity contribution in [2.24, 2.45) is 14.1 Å². The summed E-state index contributed by atoms with van der Waals surface area (Å²) in [7, 11) is 2.71. The fraction of sp³-hybridized carbons (Fsp3) is 0.316. The zero-order chi connectivity index (χ0) is 22.2. The summed E-state index contributed by atoms with van der Waals surface area (Å²) in [4.78, 5) is 37.5. The first-order valence-corrected chi connectivity index (χ1v) is 9.91. The second-order valence-corrected chi connectivity index (χ2v) is 7.99. The molecule has 0 saturated carbocycles. The van der Waals surface area contributed by atoms with Gasteiger partial charge in [-0.15, -0.1) is 16.8 Å². The van der Waals surface area contributed by atoms with Crippen LogP contribution >= 0.6 is 11.8 Å². The summed E-state index contributed by atoms with van der Waals surface area (Å²) < 4.78 is 9.09. The number of aromatic nitrogens is 5. The van der Waals surface area contributed by atoms with Gasteiger partial charge in [0.25, 0.3) is 5.56 Å². The van der Waals surface area contributed by atoms with E-state index in [1.54, 1.807) is 25.3 Å². The van der Waals surface area contributed by atoms with Crippen LogP contribution < -0.4 is 17.0 Å². The smallest absolute Gasteiger partial charge is 0.332 e. The van der Waals surface area contributed by atoms with Crippen molar-refractivity contribution >= 4 is 23.4 Å². The standard InChI is InChI=1S/C19H22N6O4S/c1-6-8-25-16(12-7-9-29-10(12)2)21-22-18(25)30-11(3)14(26)13-15(20)23(4)19(28)24(5)17(13)27/h6-7,9,11H,1,8,20H2,2-5H3/t11-/m1/s1. The number of aryl methyl sites for hydroxylation is 1. The topological polar surface area (TPSA) is 131 Å². The van der Waals surface area contributed by atoms with E-state index in [4.69, 9.17) is 10.2 Å². The van der Waals surface area contributed by atoms with Crippen LogP contribution in [0.5, 0.6) is 0 Å². The average molecular weight is 430 g/mol. The second-order valence-electron chi connectivity index (χ2n) is 6.69. The molecule has 0 aliphatic heterocycles. The number of nitrogens with two attached hydrogens (primary N) is 1. The predicted molar refractivity (Wildman–Crippen MR) is 114 cm³/mol. The van der Waals surface area contributed by atoms with Crippen molar-refractivity contribution in [3.05, 3.63) is 57.1 Å². The largest absolute Gasteiger partial charge is 0.469 e. The number of thioether (sulfide) groups is 1. The fourth-order valence-corrected chi connectivity index (χ4v) is 3.91. The molecule has 158 valence electrons. The number of carbonyl (C=O) groups is 1. The van der Waals surface area contributed by atoms with Gasteiger partial charge in [-0.2, -0.15) is 0 Å². The van der Waals surface area contributed by atoms with E-state index in [1.807, 2.05) is 11.5 Å². The maximum Gasteiger partial charge on any atom is 0.332 e. The summed E-state index contributed by atoms with van der Waals surface area (Å²) in [5.74, 6) is 0.612. The number of anilines is 1. The van der Waals surface area contributed by atoms with E-state index in [-0.39, 0.29) is 11.4 Å². The first kappa shape index (κ1) is 21.4. The van der Waals surface area contributed by atoms with Crippen molar-refractivity contribution in [1.29, 1.82) is 0 Å². The van der Waals surface area contributed by atoms with Gasteiger partial charge in [0.1, 0.15) is 17.1 Å². The van der Waals surface area contributed by atoms with Crippen LogP contribution in [0.2, 0.25) is 0 Å². The number of allylic oxidation sites excluding steroid dienone is 1. The van der Waals surface area contributed by atoms with E-state index in [0.29, 0.717) is 23.3 Å². The molecule has 3 aromatic rings. The minimum Gasteiger partial charge on any atom is -0.469 e. The van der Waals surface area contributed by atoms with Crippen molar-refractivity contribution in [3.8, 4) is 11.4 Å². The fourth-order valence-electron chi connectivity index (χ4n) is 2.99. The molecule has 0 saturated heterocycles. The molecule has 3 heterocycles. The lowest BCUT2D eigenvalue weighted by Crippen LogP contribution is -2.42. The van der Waals surface area contributed by atoms with Gasteiger partial charge in [0, 0.05) is 20.6 Å². The highest BCUT2D eigenvalue weighted by Crippen LogP contribution is 2.30. The molecule has 3 rings (SSSR count). The van der Waals surface area contributed by atoms with Crippen LogP contribution in [0.4, 0.5) is 5.82 Å². The van der Waals surface area contributed by atoms with Crippen LogP contribution in [0.25, 0.3) is 11.4 Å². The van der Waals surface area contributed by atoms with Gasteiger partial charge in [-0.25, -0.2) is 4.79 Å². The lowest BCUT2D eigenvalue weighted by Gasteiger charge is -2.14. The van der Waals surface area contributed by atoms with E-state index in [1.165, 1.54) is 14.1 Å². The Labute approximate surface area is 176 Å². The zero-order valence-electron chi connectivity index (χ0n) is 17.1. The Kier molecular flexibility index (Phi) is 5.83. The van der Waals surface area contributed by atoms with E-state index < -0.39 is 22.3 Å². The Morgan fingerprint density at radius 2 is 2.03 bits per heavy atom. The highest BCUT2D eigenvalue weighted by Gasteiger charge is 2.27. The van der Waals surface area contributed by atoms with Crippen LogP contribution in [0.3, 0.4) is 0 Å². The summed E-state index contributed by atoms with van der Waals surface area (Å²) in [6.07, 6.45) is 3.26. The van der Waals surface area contributed by atoms with Crippen LogP contribution in [0.15, 0.2) is 44.1 Å². The molecule has 0 unspecified atom stereocenters. The summed E-state index contributed by atoms with van der Waals surface area (Å²) >= 11 is 1.14. The van der Waals surface area contributed by atoms with Crippen molar-refractivity contribution in [2.75, 3.05) is 5.73 Å². The lowest BCUT2D eigenvalue weighted by atomic mass is 10.1. The Morgan fingerprint density at radius 3 is 2.63 bits per heavy atom. The molecular weight excluding hydrogens is 408 g/mol. The number of hydrogen-bond donors (Lipinski definition) is 1. The lowest BCUT2D eigenvalue weighted by molar-refractivity contribution is 0.0992. The number of ketones is 1. The van der Waals surface area contributed by atoms with Crippen LogP contribution in [-0.2, 0) is 20.6 Å². The molecule has 0 aliphatic rings. The molecule has 2 N–H and O–H groups in total. The number of furan rings is 1. The van der Waals surface area contributed by atoms with Gasteiger partial charge in [-0.3, -0.25) is 23.3 Å². The molecule has 11 heteroatoms.